The van der Waals surface area contributed by atoms with Gasteiger partial charge in [0, 0.05) is 45.2 Å². The Bertz CT molecular complexity index is 1370. The number of hydrogen-bond acceptors (Lipinski definition) is 7. The number of carboxylic acids is 1. The van der Waals surface area contributed by atoms with Crippen molar-refractivity contribution in [2.45, 2.75) is 31.9 Å². The lowest BCUT2D eigenvalue weighted by Crippen LogP contribution is -2.37. The molecule has 214 valence electrons. The SMILES string of the molecule is O=C(O)CCN(Cc1cccc(-c2ccc(N3CCOCC3)c(NC(=O)C3CCCO3)c2)c1)C(=O)c1cccnc1. The smallest absolute Gasteiger partial charge is 0.305 e. The van der Waals surface area contributed by atoms with Crippen LogP contribution in [0.5, 0.6) is 0 Å². The van der Waals surface area contributed by atoms with Gasteiger partial charge >= 0.3 is 5.97 Å². The predicted molar refractivity (Wildman–Crippen MR) is 154 cm³/mol. The minimum Gasteiger partial charge on any atom is -0.481 e. The molecule has 2 aliphatic rings. The minimum atomic E-state index is -0.972. The zero-order chi connectivity index (χ0) is 28.6. The molecular formula is C31H34N4O6. The van der Waals surface area contributed by atoms with E-state index in [1.807, 2.05) is 42.5 Å². The first-order valence-corrected chi connectivity index (χ1v) is 13.9. The number of pyridine rings is 1. The second-order valence-corrected chi connectivity index (χ2v) is 10.1. The molecule has 0 aliphatic carbocycles. The highest BCUT2D eigenvalue weighted by molar-refractivity contribution is 5.98. The summed E-state index contributed by atoms with van der Waals surface area (Å²) >= 11 is 0. The van der Waals surface area contributed by atoms with Gasteiger partial charge in [-0.1, -0.05) is 24.3 Å². The molecule has 3 heterocycles. The number of aromatic nitrogens is 1. The van der Waals surface area contributed by atoms with E-state index in [2.05, 4.69) is 15.2 Å². The number of amides is 2. The van der Waals surface area contributed by atoms with Crippen LogP contribution in [0.3, 0.4) is 0 Å². The van der Waals surface area contributed by atoms with Gasteiger partial charge in [-0.25, -0.2) is 0 Å². The summed E-state index contributed by atoms with van der Waals surface area (Å²) in [4.78, 5) is 45.2. The van der Waals surface area contributed by atoms with Gasteiger partial charge in [0.1, 0.15) is 6.10 Å². The Morgan fingerprint density at radius 1 is 1.02 bits per heavy atom. The number of nitrogens with zero attached hydrogens (tertiary/aromatic N) is 3. The largest absolute Gasteiger partial charge is 0.481 e. The van der Waals surface area contributed by atoms with Crippen LogP contribution in [-0.4, -0.2) is 78.3 Å². The second kappa shape index (κ2) is 13.4. The number of hydrogen-bond donors (Lipinski definition) is 2. The van der Waals surface area contributed by atoms with Gasteiger partial charge in [-0.15, -0.1) is 0 Å². The Labute approximate surface area is 238 Å². The lowest BCUT2D eigenvalue weighted by atomic mass is 10.0. The van der Waals surface area contributed by atoms with E-state index in [1.165, 1.54) is 11.1 Å². The van der Waals surface area contributed by atoms with Crippen LogP contribution in [0.2, 0.25) is 0 Å². The van der Waals surface area contributed by atoms with E-state index in [0.717, 1.165) is 41.9 Å². The van der Waals surface area contributed by atoms with Crippen molar-refractivity contribution < 1.29 is 29.0 Å². The van der Waals surface area contributed by atoms with Crippen LogP contribution < -0.4 is 10.2 Å². The number of carbonyl (C=O) groups excluding carboxylic acids is 2. The second-order valence-electron chi connectivity index (χ2n) is 10.1. The third-order valence-corrected chi connectivity index (χ3v) is 7.25. The van der Waals surface area contributed by atoms with Crippen LogP contribution in [0.4, 0.5) is 11.4 Å². The van der Waals surface area contributed by atoms with Gasteiger partial charge in [-0.3, -0.25) is 19.4 Å². The van der Waals surface area contributed by atoms with Gasteiger partial charge in [0.25, 0.3) is 11.8 Å². The maximum atomic E-state index is 13.2. The molecule has 10 heteroatoms. The van der Waals surface area contributed by atoms with Crippen LogP contribution in [0.1, 0.15) is 35.2 Å². The standard InChI is InChI=1S/C31H34N4O6/c36-29(37)10-12-35(31(39)25-6-2-11-32-20-25)21-22-4-1-5-23(18-22)24-8-9-27(34-13-16-40-17-14-34)26(19-24)33-30(38)28-7-3-15-41-28/h1-2,4-6,8-9,11,18-20,28H,3,7,10,12-17,21H2,(H,33,38)(H,36,37). The fraction of sp³-hybridized carbons (Fsp3) is 0.355. The van der Waals surface area contributed by atoms with Crippen molar-refractivity contribution in [2.24, 2.45) is 0 Å². The van der Waals surface area contributed by atoms with E-state index >= 15 is 0 Å². The molecule has 2 fully saturated rings. The zero-order valence-corrected chi connectivity index (χ0v) is 22.8. The maximum Gasteiger partial charge on any atom is 0.305 e. The normalized spacial score (nSPS) is 16.8. The first kappa shape index (κ1) is 28.3. The van der Waals surface area contributed by atoms with E-state index in [9.17, 15) is 19.5 Å². The van der Waals surface area contributed by atoms with Crippen molar-refractivity contribution in [1.29, 1.82) is 0 Å². The predicted octanol–water partition coefficient (Wildman–Crippen LogP) is 3.82. The molecular weight excluding hydrogens is 524 g/mol. The zero-order valence-electron chi connectivity index (χ0n) is 22.8. The third kappa shape index (κ3) is 7.27. The molecule has 2 amide bonds. The monoisotopic (exact) mass is 558 g/mol. The van der Waals surface area contributed by atoms with Gasteiger partial charge in [-0.2, -0.15) is 0 Å². The molecule has 2 aliphatic heterocycles. The Kier molecular flexibility index (Phi) is 9.22. The fourth-order valence-electron chi connectivity index (χ4n) is 5.12. The topological polar surface area (TPSA) is 121 Å². The van der Waals surface area contributed by atoms with Crippen molar-refractivity contribution in [3.8, 4) is 11.1 Å². The van der Waals surface area contributed by atoms with Crippen LogP contribution in [0.25, 0.3) is 11.1 Å². The summed E-state index contributed by atoms with van der Waals surface area (Å²) in [5, 5.41) is 12.4. The Morgan fingerprint density at radius 2 is 1.85 bits per heavy atom. The van der Waals surface area contributed by atoms with Gasteiger partial charge in [-0.05, 0) is 59.9 Å². The molecule has 0 radical (unpaired) electrons. The van der Waals surface area contributed by atoms with Crippen LogP contribution in [-0.2, 0) is 25.6 Å². The molecule has 1 aromatic heterocycles. The molecule has 41 heavy (non-hydrogen) atoms. The summed E-state index contributed by atoms with van der Waals surface area (Å²) in [7, 11) is 0. The quantitative estimate of drug-likeness (QED) is 0.385. The summed E-state index contributed by atoms with van der Waals surface area (Å²) in [5.74, 6) is -1.40. The number of nitrogens with one attached hydrogen (secondary N) is 1. The summed E-state index contributed by atoms with van der Waals surface area (Å²) in [6.45, 7) is 3.61. The molecule has 0 saturated carbocycles. The summed E-state index contributed by atoms with van der Waals surface area (Å²) in [6, 6.07) is 17.1. The number of ether oxygens (including phenoxy) is 2. The number of rotatable bonds is 10. The third-order valence-electron chi connectivity index (χ3n) is 7.25. The van der Waals surface area contributed by atoms with Gasteiger partial charge in [0.15, 0.2) is 0 Å². The maximum absolute atomic E-state index is 13.2. The Hall–Kier alpha value is -4.28. The van der Waals surface area contributed by atoms with Crippen LogP contribution in [0.15, 0.2) is 67.0 Å². The highest BCUT2D eigenvalue weighted by Gasteiger charge is 2.25. The molecule has 1 unspecified atom stereocenters. The fourth-order valence-corrected chi connectivity index (χ4v) is 5.12. The van der Waals surface area contributed by atoms with E-state index in [0.29, 0.717) is 37.5 Å². The van der Waals surface area contributed by atoms with Crippen molar-refractivity contribution in [2.75, 3.05) is 49.7 Å². The van der Waals surface area contributed by atoms with Gasteiger partial charge in [0.05, 0.1) is 36.6 Å². The van der Waals surface area contributed by atoms with E-state index in [4.69, 9.17) is 9.47 Å². The minimum absolute atomic E-state index is 0.0704. The van der Waals surface area contributed by atoms with E-state index < -0.39 is 12.1 Å². The molecule has 2 saturated heterocycles. The van der Waals surface area contributed by atoms with Crippen molar-refractivity contribution in [3.63, 3.8) is 0 Å². The van der Waals surface area contributed by atoms with E-state index in [-0.39, 0.29) is 31.3 Å². The Morgan fingerprint density at radius 3 is 2.59 bits per heavy atom. The van der Waals surface area contributed by atoms with Gasteiger partial charge < -0.3 is 29.7 Å². The summed E-state index contributed by atoms with van der Waals surface area (Å²) in [6.07, 6.45) is 4.03. The molecule has 10 nitrogen and oxygen atoms in total. The number of morpholine rings is 1. The number of aliphatic carboxylic acids is 1. The molecule has 0 spiro atoms. The van der Waals surface area contributed by atoms with Crippen LogP contribution >= 0.6 is 0 Å². The first-order chi connectivity index (χ1) is 20.0. The average molecular weight is 559 g/mol. The highest BCUT2D eigenvalue weighted by Crippen LogP contribution is 2.33. The highest BCUT2D eigenvalue weighted by atomic mass is 16.5. The van der Waals surface area contributed by atoms with Crippen molar-refractivity contribution >= 4 is 29.2 Å². The first-order valence-electron chi connectivity index (χ1n) is 13.9. The molecule has 1 atom stereocenters. The number of anilines is 2. The molecule has 2 N–H and O–H groups in total. The Balaban J connectivity index is 1.41. The van der Waals surface area contributed by atoms with Crippen LogP contribution in [0, 0.1) is 0 Å². The molecule has 5 rings (SSSR count). The summed E-state index contributed by atoms with van der Waals surface area (Å²) < 4.78 is 11.1. The number of carbonyl (C=O) groups is 3. The lowest BCUT2D eigenvalue weighted by molar-refractivity contribution is -0.137. The number of benzene rings is 2. The van der Waals surface area contributed by atoms with Crippen molar-refractivity contribution in [1.82, 2.24) is 9.88 Å². The molecule has 0 bridgehead atoms. The van der Waals surface area contributed by atoms with Gasteiger partial charge in [0.2, 0.25) is 0 Å². The molecule has 2 aromatic carbocycles. The summed E-state index contributed by atoms with van der Waals surface area (Å²) in [5.41, 5.74) is 4.72. The average Bonchev–Trinajstić information content (AvgIpc) is 3.55. The van der Waals surface area contributed by atoms with Crippen molar-refractivity contribution in [3.05, 3.63) is 78.1 Å². The number of carboxylic acid groups (broad SMARTS) is 1. The lowest BCUT2D eigenvalue weighted by Gasteiger charge is -2.31. The van der Waals surface area contributed by atoms with E-state index in [1.54, 1.807) is 18.3 Å². The molecule has 3 aromatic rings.